The number of nitrogens with zero attached hydrogens (tertiary/aromatic N) is 6. The minimum absolute atomic E-state index is 0.405. The molecule has 0 bridgehead atoms. The summed E-state index contributed by atoms with van der Waals surface area (Å²) < 4.78 is 1.66. The Morgan fingerprint density at radius 1 is 1.12 bits per heavy atom. The summed E-state index contributed by atoms with van der Waals surface area (Å²) in [6, 6.07) is 0. The highest BCUT2D eigenvalue weighted by Gasteiger charge is 2.15. The lowest BCUT2D eigenvalue weighted by Crippen LogP contribution is -1.95. The van der Waals surface area contributed by atoms with Gasteiger partial charge >= 0.3 is 0 Å². The SMILES string of the molecule is Cn1nc(-c2cncnc2)c2c(N)ncnc21. The molecule has 84 valence electrons. The zero-order chi connectivity index (χ0) is 11.8. The molecule has 0 aliphatic heterocycles. The first-order valence-corrected chi connectivity index (χ1v) is 4.96. The van der Waals surface area contributed by atoms with Gasteiger partial charge in [-0.25, -0.2) is 24.6 Å². The summed E-state index contributed by atoms with van der Waals surface area (Å²) in [7, 11) is 1.81. The molecule has 0 aliphatic rings. The molecule has 0 aliphatic carbocycles. The number of nitrogens with two attached hydrogens (primary N) is 1. The Balaban J connectivity index is 2.38. The number of aryl methyl sites for hydroxylation is 1. The summed E-state index contributed by atoms with van der Waals surface area (Å²) >= 11 is 0. The van der Waals surface area contributed by atoms with Crippen molar-refractivity contribution in [1.29, 1.82) is 0 Å². The average Bonchev–Trinajstić information content (AvgIpc) is 2.70. The number of fused-ring (bicyclic) bond motifs is 1. The molecule has 3 aromatic rings. The van der Waals surface area contributed by atoms with E-state index in [4.69, 9.17) is 5.73 Å². The monoisotopic (exact) mass is 227 g/mol. The van der Waals surface area contributed by atoms with E-state index in [0.29, 0.717) is 17.2 Å². The number of rotatable bonds is 1. The van der Waals surface area contributed by atoms with Gasteiger partial charge in [-0.3, -0.25) is 0 Å². The fourth-order valence-electron chi connectivity index (χ4n) is 1.73. The second-order valence-electron chi connectivity index (χ2n) is 3.56. The molecular weight excluding hydrogens is 218 g/mol. The number of anilines is 1. The van der Waals surface area contributed by atoms with Crippen LogP contribution >= 0.6 is 0 Å². The van der Waals surface area contributed by atoms with Crippen molar-refractivity contribution in [3.8, 4) is 11.3 Å². The Kier molecular flexibility index (Phi) is 1.97. The molecule has 0 aromatic carbocycles. The molecule has 0 saturated carbocycles. The predicted octanol–water partition coefficient (Wildman–Crippen LogP) is 0.402. The van der Waals surface area contributed by atoms with Gasteiger partial charge in [-0.2, -0.15) is 5.10 Å². The molecule has 0 radical (unpaired) electrons. The van der Waals surface area contributed by atoms with Crippen molar-refractivity contribution < 1.29 is 0 Å². The van der Waals surface area contributed by atoms with E-state index in [2.05, 4.69) is 25.0 Å². The van der Waals surface area contributed by atoms with Gasteiger partial charge in [-0.05, 0) is 0 Å². The van der Waals surface area contributed by atoms with Crippen molar-refractivity contribution in [1.82, 2.24) is 29.7 Å². The second kappa shape index (κ2) is 3.48. The summed E-state index contributed by atoms with van der Waals surface area (Å²) in [5.74, 6) is 0.405. The Labute approximate surface area is 96.4 Å². The van der Waals surface area contributed by atoms with Crippen molar-refractivity contribution in [2.45, 2.75) is 0 Å². The molecule has 0 fully saturated rings. The van der Waals surface area contributed by atoms with E-state index < -0.39 is 0 Å². The van der Waals surface area contributed by atoms with Crippen LogP contribution in [0.1, 0.15) is 0 Å². The maximum atomic E-state index is 5.86. The fraction of sp³-hybridized carbons (Fsp3) is 0.100. The van der Waals surface area contributed by atoms with Crippen LogP contribution in [0.2, 0.25) is 0 Å². The van der Waals surface area contributed by atoms with Crippen LogP contribution in [0.25, 0.3) is 22.3 Å². The summed E-state index contributed by atoms with van der Waals surface area (Å²) in [5.41, 5.74) is 8.04. The van der Waals surface area contributed by atoms with Crippen molar-refractivity contribution in [3.05, 3.63) is 25.0 Å². The van der Waals surface area contributed by atoms with E-state index in [9.17, 15) is 0 Å². The Bertz CT molecular complexity index is 674. The van der Waals surface area contributed by atoms with Gasteiger partial charge in [0.25, 0.3) is 0 Å². The maximum absolute atomic E-state index is 5.86. The van der Waals surface area contributed by atoms with E-state index >= 15 is 0 Å². The molecule has 3 rings (SSSR count). The largest absolute Gasteiger partial charge is 0.383 e. The highest BCUT2D eigenvalue weighted by Crippen LogP contribution is 2.28. The third kappa shape index (κ3) is 1.40. The Morgan fingerprint density at radius 3 is 2.65 bits per heavy atom. The fourth-order valence-corrected chi connectivity index (χ4v) is 1.73. The van der Waals surface area contributed by atoms with Crippen LogP contribution in [0, 0.1) is 0 Å². The molecule has 3 aromatic heterocycles. The first-order chi connectivity index (χ1) is 8.27. The van der Waals surface area contributed by atoms with Gasteiger partial charge in [0.05, 0.1) is 5.39 Å². The van der Waals surface area contributed by atoms with Crippen LogP contribution < -0.4 is 5.73 Å². The highest BCUT2D eigenvalue weighted by atomic mass is 15.3. The summed E-state index contributed by atoms with van der Waals surface area (Å²) in [4.78, 5) is 16.1. The van der Waals surface area contributed by atoms with Crippen LogP contribution in [-0.2, 0) is 7.05 Å². The van der Waals surface area contributed by atoms with E-state index in [1.54, 1.807) is 17.1 Å². The van der Waals surface area contributed by atoms with E-state index in [-0.39, 0.29) is 0 Å². The highest BCUT2D eigenvalue weighted by molar-refractivity contribution is 5.97. The normalized spacial score (nSPS) is 10.9. The van der Waals surface area contributed by atoms with Crippen LogP contribution in [-0.4, -0.2) is 29.7 Å². The Morgan fingerprint density at radius 2 is 1.88 bits per heavy atom. The van der Waals surface area contributed by atoms with E-state index in [1.165, 1.54) is 12.7 Å². The van der Waals surface area contributed by atoms with Gasteiger partial charge in [0.15, 0.2) is 5.65 Å². The smallest absolute Gasteiger partial charge is 0.163 e. The summed E-state index contributed by atoms with van der Waals surface area (Å²) in [5, 5.41) is 5.10. The molecule has 2 N–H and O–H groups in total. The average molecular weight is 227 g/mol. The van der Waals surface area contributed by atoms with Gasteiger partial charge in [0, 0.05) is 25.0 Å². The van der Waals surface area contributed by atoms with Crippen LogP contribution in [0.3, 0.4) is 0 Å². The zero-order valence-corrected chi connectivity index (χ0v) is 9.07. The molecule has 0 spiro atoms. The molecule has 7 heteroatoms. The lowest BCUT2D eigenvalue weighted by Gasteiger charge is -1.97. The van der Waals surface area contributed by atoms with Crippen molar-refractivity contribution in [2.75, 3.05) is 5.73 Å². The minimum atomic E-state index is 0.405. The summed E-state index contributed by atoms with van der Waals surface area (Å²) in [6.45, 7) is 0. The second-order valence-corrected chi connectivity index (χ2v) is 3.56. The molecule has 0 amide bonds. The van der Waals surface area contributed by atoms with Gasteiger partial charge < -0.3 is 5.73 Å². The van der Waals surface area contributed by atoms with Crippen molar-refractivity contribution in [2.24, 2.45) is 7.05 Å². The maximum Gasteiger partial charge on any atom is 0.163 e. The molecule has 0 atom stereocenters. The van der Waals surface area contributed by atoms with Crippen LogP contribution in [0.4, 0.5) is 5.82 Å². The standard InChI is InChI=1S/C10H9N7/c1-17-10-7(9(11)14-5-15-10)8(16-17)6-2-12-4-13-3-6/h2-5H,1H3,(H2,11,14,15). The topological polar surface area (TPSA) is 95.4 Å². The van der Waals surface area contributed by atoms with Gasteiger partial charge in [-0.1, -0.05) is 0 Å². The number of hydrogen-bond donors (Lipinski definition) is 1. The zero-order valence-electron chi connectivity index (χ0n) is 9.07. The molecule has 3 heterocycles. The third-order valence-corrected chi connectivity index (χ3v) is 2.48. The molecule has 17 heavy (non-hydrogen) atoms. The number of hydrogen-bond acceptors (Lipinski definition) is 6. The first-order valence-electron chi connectivity index (χ1n) is 4.96. The van der Waals surface area contributed by atoms with Gasteiger partial charge in [-0.15, -0.1) is 0 Å². The third-order valence-electron chi connectivity index (χ3n) is 2.48. The summed E-state index contributed by atoms with van der Waals surface area (Å²) in [6.07, 6.45) is 6.25. The molecule has 7 nitrogen and oxygen atoms in total. The van der Waals surface area contributed by atoms with E-state index in [0.717, 1.165) is 10.9 Å². The predicted molar refractivity (Wildman–Crippen MR) is 61.7 cm³/mol. The lowest BCUT2D eigenvalue weighted by molar-refractivity contribution is 0.788. The molecule has 0 unspecified atom stereocenters. The Hall–Kier alpha value is -2.57. The molecular formula is C10H9N7. The van der Waals surface area contributed by atoms with Crippen LogP contribution in [0.5, 0.6) is 0 Å². The minimum Gasteiger partial charge on any atom is -0.383 e. The van der Waals surface area contributed by atoms with Crippen molar-refractivity contribution >= 4 is 16.9 Å². The number of aromatic nitrogens is 6. The first kappa shape index (κ1) is 9.64. The molecule has 0 saturated heterocycles. The van der Waals surface area contributed by atoms with Gasteiger partial charge in [0.1, 0.15) is 24.2 Å². The quantitative estimate of drug-likeness (QED) is 0.646. The number of nitrogen functional groups attached to an aromatic ring is 1. The lowest BCUT2D eigenvalue weighted by atomic mass is 10.2. The van der Waals surface area contributed by atoms with E-state index in [1.807, 2.05) is 7.05 Å². The van der Waals surface area contributed by atoms with Crippen LogP contribution in [0.15, 0.2) is 25.0 Å². The van der Waals surface area contributed by atoms with Gasteiger partial charge in [0.2, 0.25) is 0 Å². The van der Waals surface area contributed by atoms with Crippen molar-refractivity contribution in [3.63, 3.8) is 0 Å².